The van der Waals surface area contributed by atoms with Gasteiger partial charge in [0, 0.05) is 11.1 Å². The third-order valence-electron chi connectivity index (χ3n) is 8.17. The van der Waals surface area contributed by atoms with E-state index in [0.29, 0.717) is 0 Å². The van der Waals surface area contributed by atoms with Crippen LogP contribution in [0, 0.1) is 0 Å². The predicted molar refractivity (Wildman–Crippen MR) is 176 cm³/mol. The van der Waals surface area contributed by atoms with Crippen LogP contribution in [0.4, 0.5) is 0 Å². The van der Waals surface area contributed by atoms with Crippen molar-refractivity contribution in [1.82, 2.24) is 9.97 Å². The van der Waals surface area contributed by atoms with Gasteiger partial charge in [-0.05, 0) is 78.8 Å². The summed E-state index contributed by atoms with van der Waals surface area (Å²) in [5, 5.41) is 7.71. The van der Waals surface area contributed by atoms with Crippen LogP contribution in [-0.2, 0) is 0 Å². The van der Waals surface area contributed by atoms with Gasteiger partial charge in [-0.15, -0.1) is 0 Å². The fourth-order valence-corrected chi connectivity index (χ4v) is 6.11. The lowest BCUT2D eigenvalue weighted by Gasteiger charge is -2.12. The highest BCUT2D eigenvalue weighted by Crippen LogP contribution is 2.37. The Balaban J connectivity index is 1.20. The average molecular weight is 535 g/mol. The van der Waals surface area contributed by atoms with Crippen LogP contribution >= 0.6 is 0 Å². The molecule has 0 saturated carbocycles. The zero-order valence-electron chi connectivity index (χ0n) is 22.9. The summed E-state index contributed by atoms with van der Waals surface area (Å²) in [5.41, 5.74) is 8.68. The molecule has 42 heavy (non-hydrogen) atoms. The molecule has 0 fully saturated rings. The first-order valence-electron chi connectivity index (χ1n) is 14.2. The number of nitrogens with zero attached hydrogens (tertiary/aromatic N) is 2. The maximum atomic E-state index is 4.66. The Labute approximate surface area is 244 Å². The molecule has 0 aliphatic carbocycles. The maximum absolute atomic E-state index is 4.66. The molecule has 2 nitrogen and oxygen atoms in total. The Hall–Kier alpha value is -5.60. The molecule has 1 heterocycles. The summed E-state index contributed by atoms with van der Waals surface area (Å²) in [5.74, 6) is 0. The van der Waals surface area contributed by atoms with E-state index in [-0.39, 0.29) is 0 Å². The number of benzene rings is 7. The minimum absolute atomic E-state index is 0.907. The molecule has 0 amide bonds. The number of fused-ring (bicyclic) bond motifs is 6. The van der Waals surface area contributed by atoms with Crippen LogP contribution in [0.15, 0.2) is 158 Å². The van der Waals surface area contributed by atoms with Crippen LogP contribution in [-0.4, -0.2) is 9.97 Å². The van der Waals surface area contributed by atoms with Gasteiger partial charge in [0.1, 0.15) is 6.33 Å². The van der Waals surface area contributed by atoms with Crippen molar-refractivity contribution in [2.75, 3.05) is 0 Å². The van der Waals surface area contributed by atoms with Crippen LogP contribution in [0.5, 0.6) is 0 Å². The van der Waals surface area contributed by atoms with Crippen molar-refractivity contribution in [3.05, 3.63) is 158 Å². The molecule has 0 bridgehead atoms. The second-order valence-electron chi connectivity index (χ2n) is 10.7. The van der Waals surface area contributed by atoms with Gasteiger partial charge in [-0.1, -0.05) is 127 Å². The lowest BCUT2D eigenvalue weighted by Crippen LogP contribution is -1.90. The van der Waals surface area contributed by atoms with Crippen molar-refractivity contribution >= 4 is 32.3 Å². The Morgan fingerprint density at radius 3 is 1.29 bits per heavy atom. The number of rotatable bonds is 4. The van der Waals surface area contributed by atoms with Crippen LogP contribution in [0.3, 0.4) is 0 Å². The monoisotopic (exact) mass is 534 g/mol. The smallest absolute Gasteiger partial charge is 0.116 e. The molecule has 0 radical (unpaired) electrons. The Morgan fingerprint density at radius 2 is 0.690 bits per heavy atom. The van der Waals surface area contributed by atoms with Gasteiger partial charge >= 0.3 is 0 Å². The van der Waals surface area contributed by atoms with Crippen molar-refractivity contribution in [3.63, 3.8) is 0 Å². The Morgan fingerprint density at radius 1 is 0.262 bits per heavy atom. The van der Waals surface area contributed by atoms with Gasteiger partial charge in [-0.25, -0.2) is 9.97 Å². The lowest BCUT2D eigenvalue weighted by molar-refractivity contribution is 1.18. The third kappa shape index (κ3) is 4.22. The van der Waals surface area contributed by atoms with Crippen molar-refractivity contribution in [2.45, 2.75) is 0 Å². The van der Waals surface area contributed by atoms with E-state index >= 15 is 0 Å². The topological polar surface area (TPSA) is 25.8 Å². The SMILES string of the molecule is c1ccc(-c2cccc(-c3cc(-c4cccc(-c5ccc6c7ccccc7c7ccccc7c6c5)c4)ncn3)c2)cc1. The molecule has 0 saturated heterocycles. The van der Waals surface area contributed by atoms with Crippen LogP contribution in [0.25, 0.3) is 77.1 Å². The maximum Gasteiger partial charge on any atom is 0.116 e. The molecular weight excluding hydrogens is 508 g/mol. The minimum atomic E-state index is 0.907. The molecule has 196 valence electrons. The highest BCUT2D eigenvalue weighted by molar-refractivity contribution is 6.25. The van der Waals surface area contributed by atoms with Crippen molar-refractivity contribution < 1.29 is 0 Å². The van der Waals surface area contributed by atoms with Gasteiger partial charge < -0.3 is 0 Å². The Kier molecular flexibility index (Phi) is 5.82. The fraction of sp³-hybridized carbons (Fsp3) is 0. The first-order chi connectivity index (χ1) is 20.8. The second kappa shape index (κ2) is 10.1. The number of aromatic nitrogens is 2. The van der Waals surface area contributed by atoms with Crippen LogP contribution in [0.2, 0.25) is 0 Å². The normalized spacial score (nSPS) is 11.3. The van der Waals surface area contributed by atoms with E-state index in [1.165, 1.54) is 49.0 Å². The molecule has 0 aliphatic heterocycles. The molecule has 2 heteroatoms. The third-order valence-corrected chi connectivity index (χ3v) is 8.17. The van der Waals surface area contributed by atoms with Gasteiger partial charge in [0.15, 0.2) is 0 Å². The number of hydrogen-bond donors (Lipinski definition) is 0. The molecule has 0 atom stereocenters. The first kappa shape index (κ1) is 24.2. The molecule has 7 aromatic carbocycles. The zero-order valence-corrected chi connectivity index (χ0v) is 22.9. The van der Waals surface area contributed by atoms with E-state index in [2.05, 4.69) is 156 Å². The zero-order chi connectivity index (χ0) is 27.9. The molecule has 8 aromatic rings. The molecule has 0 N–H and O–H groups in total. The fourth-order valence-electron chi connectivity index (χ4n) is 6.11. The molecule has 1 aromatic heterocycles. The van der Waals surface area contributed by atoms with Crippen LogP contribution < -0.4 is 0 Å². The van der Waals surface area contributed by atoms with Gasteiger partial charge in [0.25, 0.3) is 0 Å². The average Bonchev–Trinajstić information content (AvgIpc) is 3.09. The van der Waals surface area contributed by atoms with E-state index in [4.69, 9.17) is 0 Å². The van der Waals surface area contributed by atoms with Gasteiger partial charge in [-0.3, -0.25) is 0 Å². The van der Waals surface area contributed by atoms with E-state index < -0.39 is 0 Å². The van der Waals surface area contributed by atoms with E-state index in [1.807, 2.05) is 6.07 Å². The van der Waals surface area contributed by atoms with Gasteiger partial charge in [-0.2, -0.15) is 0 Å². The Bertz CT molecular complexity index is 2210. The van der Waals surface area contributed by atoms with Crippen molar-refractivity contribution in [3.8, 4) is 44.8 Å². The van der Waals surface area contributed by atoms with Gasteiger partial charge in [0.05, 0.1) is 11.4 Å². The predicted octanol–water partition coefficient (Wildman–Crippen LogP) is 10.6. The molecule has 0 spiro atoms. The van der Waals surface area contributed by atoms with Crippen molar-refractivity contribution in [2.24, 2.45) is 0 Å². The summed E-state index contributed by atoms with van der Waals surface area (Å²) in [6.45, 7) is 0. The molecular formula is C40H26N2. The van der Waals surface area contributed by atoms with E-state index in [1.54, 1.807) is 6.33 Å². The van der Waals surface area contributed by atoms with E-state index in [9.17, 15) is 0 Å². The standard InChI is InChI=1S/C40H26N2/c1-2-10-27(11-3-1)28-12-8-14-31(22-28)39-25-40(42-26-41-39)32-15-9-13-29(23-32)30-20-21-37-35-18-5-4-16-33(35)34-17-6-7-19-36(34)38(37)24-30/h1-26H. The highest BCUT2D eigenvalue weighted by atomic mass is 14.8. The minimum Gasteiger partial charge on any atom is -0.236 e. The summed E-state index contributed by atoms with van der Waals surface area (Å²) in [7, 11) is 0. The number of hydrogen-bond acceptors (Lipinski definition) is 2. The largest absolute Gasteiger partial charge is 0.236 e. The molecule has 0 unspecified atom stereocenters. The molecule has 0 aliphatic rings. The summed E-state index contributed by atoms with van der Waals surface area (Å²) < 4.78 is 0. The summed E-state index contributed by atoms with van der Waals surface area (Å²) in [4.78, 5) is 9.29. The quantitative estimate of drug-likeness (QED) is 0.210. The first-order valence-corrected chi connectivity index (χ1v) is 14.2. The molecule has 8 rings (SSSR count). The summed E-state index contributed by atoms with van der Waals surface area (Å²) in [6.07, 6.45) is 1.67. The summed E-state index contributed by atoms with van der Waals surface area (Å²) >= 11 is 0. The van der Waals surface area contributed by atoms with Crippen molar-refractivity contribution in [1.29, 1.82) is 0 Å². The lowest BCUT2D eigenvalue weighted by atomic mass is 9.91. The second-order valence-corrected chi connectivity index (χ2v) is 10.7. The summed E-state index contributed by atoms with van der Waals surface area (Å²) in [6, 6.07) is 54.0. The van der Waals surface area contributed by atoms with Crippen LogP contribution in [0.1, 0.15) is 0 Å². The van der Waals surface area contributed by atoms with Gasteiger partial charge in [0.2, 0.25) is 0 Å². The van der Waals surface area contributed by atoms with E-state index in [0.717, 1.165) is 28.1 Å². The highest BCUT2D eigenvalue weighted by Gasteiger charge is 2.11.